The van der Waals surface area contributed by atoms with Crippen molar-refractivity contribution in [1.29, 1.82) is 0 Å². The predicted octanol–water partition coefficient (Wildman–Crippen LogP) is 2.31. The first-order valence-corrected chi connectivity index (χ1v) is 4.38. The van der Waals surface area contributed by atoms with Gasteiger partial charge in [0.05, 0.1) is 5.56 Å². The Hall–Kier alpha value is -1.77. The summed E-state index contributed by atoms with van der Waals surface area (Å²) in [5, 5.41) is 0.867. The van der Waals surface area contributed by atoms with E-state index in [-0.39, 0.29) is 0 Å². The summed E-state index contributed by atoms with van der Waals surface area (Å²) in [5.74, 6) is 0.612. The zero-order valence-electron chi connectivity index (χ0n) is 8.15. The van der Waals surface area contributed by atoms with Crippen LogP contribution in [-0.4, -0.2) is 20.4 Å². The summed E-state index contributed by atoms with van der Waals surface area (Å²) in [6.45, 7) is 0. The fraction of sp³-hybridized carbons (Fsp3) is 0.182. The molecule has 2 aromatic rings. The van der Waals surface area contributed by atoms with Crippen LogP contribution in [0.15, 0.2) is 28.7 Å². The van der Waals surface area contributed by atoms with Gasteiger partial charge in [-0.15, -0.1) is 0 Å². The third kappa shape index (κ3) is 1.18. The Balaban J connectivity index is 2.78. The highest BCUT2D eigenvalue weighted by Gasteiger charge is 2.13. The molecule has 0 saturated carbocycles. The minimum Gasteiger partial charge on any atom is -0.440 e. The lowest BCUT2D eigenvalue weighted by molar-refractivity contribution is 0.112. The van der Waals surface area contributed by atoms with E-state index in [1.807, 2.05) is 38.4 Å². The largest absolute Gasteiger partial charge is 0.440 e. The van der Waals surface area contributed by atoms with Crippen molar-refractivity contribution < 1.29 is 9.21 Å². The van der Waals surface area contributed by atoms with Crippen molar-refractivity contribution >= 4 is 23.1 Å². The van der Waals surface area contributed by atoms with Gasteiger partial charge in [-0.25, -0.2) is 0 Å². The van der Waals surface area contributed by atoms with Crippen molar-refractivity contribution in [2.75, 3.05) is 19.0 Å². The van der Waals surface area contributed by atoms with Gasteiger partial charge >= 0.3 is 0 Å². The number of anilines is 1. The minimum absolute atomic E-state index is 0.612. The van der Waals surface area contributed by atoms with E-state index in [0.717, 1.165) is 17.3 Å². The topological polar surface area (TPSA) is 33.5 Å². The number of hydrogen-bond acceptors (Lipinski definition) is 3. The molecular formula is C11H11NO2. The maximum atomic E-state index is 10.9. The molecule has 0 N–H and O–H groups in total. The molecule has 0 atom stereocenters. The fourth-order valence-corrected chi connectivity index (χ4v) is 1.50. The Morgan fingerprint density at radius 1 is 1.29 bits per heavy atom. The van der Waals surface area contributed by atoms with E-state index < -0.39 is 0 Å². The van der Waals surface area contributed by atoms with Crippen molar-refractivity contribution in [3.05, 3.63) is 29.8 Å². The first kappa shape index (κ1) is 8.81. The number of benzene rings is 1. The standard InChI is InChI=1S/C11H11NO2/c1-12(2)11-9(7-13)8-5-3-4-6-10(8)14-11/h3-7H,1-2H3. The van der Waals surface area contributed by atoms with E-state index in [4.69, 9.17) is 4.42 Å². The van der Waals surface area contributed by atoms with Gasteiger partial charge in [-0.3, -0.25) is 4.79 Å². The maximum absolute atomic E-state index is 10.9. The molecule has 3 heteroatoms. The Kier molecular flexibility index (Phi) is 2.00. The number of carbonyl (C=O) groups is 1. The molecule has 14 heavy (non-hydrogen) atoms. The van der Waals surface area contributed by atoms with Crippen molar-refractivity contribution in [1.82, 2.24) is 0 Å². The van der Waals surface area contributed by atoms with Gasteiger partial charge in [0, 0.05) is 19.5 Å². The maximum Gasteiger partial charge on any atom is 0.206 e. The average molecular weight is 189 g/mol. The van der Waals surface area contributed by atoms with Crippen LogP contribution in [0.2, 0.25) is 0 Å². The van der Waals surface area contributed by atoms with Crippen molar-refractivity contribution in [3.63, 3.8) is 0 Å². The van der Waals surface area contributed by atoms with Gasteiger partial charge in [-0.2, -0.15) is 0 Å². The predicted molar refractivity (Wildman–Crippen MR) is 55.9 cm³/mol. The zero-order chi connectivity index (χ0) is 10.1. The third-order valence-corrected chi connectivity index (χ3v) is 2.14. The number of furan rings is 1. The molecule has 0 fully saturated rings. The van der Waals surface area contributed by atoms with E-state index in [9.17, 15) is 4.79 Å². The Morgan fingerprint density at radius 3 is 2.64 bits per heavy atom. The molecule has 0 aliphatic rings. The number of fused-ring (bicyclic) bond motifs is 1. The molecule has 0 unspecified atom stereocenters. The highest BCUT2D eigenvalue weighted by molar-refractivity contribution is 6.01. The van der Waals surface area contributed by atoms with Crippen LogP contribution in [-0.2, 0) is 0 Å². The molecule has 0 amide bonds. The first-order valence-electron chi connectivity index (χ1n) is 4.38. The quantitative estimate of drug-likeness (QED) is 0.680. The molecule has 2 rings (SSSR count). The summed E-state index contributed by atoms with van der Waals surface area (Å²) in [5.41, 5.74) is 1.36. The van der Waals surface area contributed by atoms with Crippen LogP contribution in [0.5, 0.6) is 0 Å². The van der Waals surface area contributed by atoms with Crippen LogP contribution >= 0.6 is 0 Å². The summed E-state index contributed by atoms with van der Waals surface area (Å²) in [6.07, 6.45) is 0.834. The summed E-state index contributed by atoms with van der Waals surface area (Å²) in [6, 6.07) is 7.52. The van der Waals surface area contributed by atoms with Crippen LogP contribution in [0, 0.1) is 0 Å². The number of rotatable bonds is 2. The monoisotopic (exact) mass is 189 g/mol. The second-order valence-corrected chi connectivity index (χ2v) is 3.33. The molecule has 0 aliphatic heterocycles. The number of aldehydes is 1. The molecule has 0 radical (unpaired) electrons. The van der Waals surface area contributed by atoms with Gasteiger partial charge in [0.1, 0.15) is 5.58 Å². The lowest BCUT2D eigenvalue weighted by atomic mass is 10.2. The molecule has 3 nitrogen and oxygen atoms in total. The lowest BCUT2D eigenvalue weighted by Gasteiger charge is -2.07. The van der Waals surface area contributed by atoms with Crippen LogP contribution in [0.4, 0.5) is 5.88 Å². The lowest BCUT2D eigenvalue weighted by Crippen LogP contribution is -2.09. The Morgan fingerprint density at radius 2 is 2.00 bits per heavy atom. The molecule has 0 saturated heterocycles. The van der Waals surface area contributed by atoms with E-state index in [2.05, 4.69) is 0 Å². The smallest absolute Gasteiger partial charge is 0.206 e. The fourth-order valence-electron chi connectivity index (χ4n) is 1.50. The summed E-state index contributed by atoms with van der Waals surface area (Å²) in [4.78, 5) is 12.7. The molecular weight excluding hydrogens is 178 g/mol. The molecule has 0 spiro atoms. The Bertz CT molecular complexity index is 471. The van der Waals surface area contributed by atoms with Gasteiger partial charge < -0.3 is 9.32 Å². The second kappa shape index (κ2) is 3.18. The van der Waals surface area contributed by atoms with Gasteiger partial charge in [0.25, 0.3) is 0 Å². The zero-order valence-corrected chi connectivity index (χ0v) is 8.15. The Labute approximate surface area is 81.9 Å². The van der Waals surface area contributed by atoms with Crippen molar-refractivity contribution in [2.24, 2.45) is 0 Å². The normalized spacial score (nSPS) is 10.4. The molecule has 0 bridgehead atoms. The van der Waals surface area contributed by atoms with Gasteiger partial charge in [-0.1, -0.05) is 18.2 Å². The highest BCUT2D eigenvalue weighted by atomic mass is 16.4. The van der Waals surface area contributed by atoms with Gasteiger partial charge in [-0.05, 0) is 6.07 Å². The van der Waals surface area contributed by atoms with E-state index in [1.165, 1.54) is 0 Å². The van der Waals surface area contributed by atoms with E-state index >= 15 is 0 Å². The van der Waals surface area contributed by atoms with Crippen molar-refractivity contribution in [3.8, 4) is 0 Å². The highest BCUT2D eigenvalue weighted by Crippen LogP contribution is 2.29. The average Bonchev–Trinajstić information content (AvgIpc) is 2.56. The van der Waals surface area contributed by atoms with E-state index in [0.29, 0.717) is 11.4 Å². The second-order valence-electron chi connectivity index (χ2n) is 3.33. The molecule has 1 aromatic carbocycles. The number of para-hydroxylation sites is 1. The van der Waals surface area contributed by atoms with Crippen LogP contribution in [0.3, 0.4) is 0 Å². The molecule has 1 aromatic heterocycles. The van der Waals surface area contributed by atoms with E-state index in [1.54, 1.807) is 4.90 Å². The van der Waals surface area contributed by atoms with Gasteiger partial charge in [0.2, 0.25) is 5.88 Å². The summed E-state index contributed by atoms with van der Waals surface area (Å²) < 4.78 is 5.55. The van der Waals surface area contributed by atoms with Crippen LogP contribution in [0.1, 0.15) is 10.4 Å². The minimum atomic E-state index is 0.612. The van der Waals surface area contributed by atoms with Crippen LogP contribution in [0.25, 0.3) is 11.0 Å². The number of nitrogens with zero attached hydrogens (tertiary/aromatic N) is 1. The van der Waals surface area contributed by atoms with Gasteiger partial charge in [0.15, 0.2) is 6.29 Å². The third-order valence-electron chi connectivity index (χ3n) is 2.14. The molecule has 0 aliphatic carbocycles. The number of hydrogen-bond donors (Lipinski definition) is 0. The van der Waals surface area contributed by atoms with Crippen molar-refractivity contribution in [2.45, 2.75) is 0 Å². The molecule has 1 heterocycles. The SMILES string of the molecule is CN(C)c1oc2ccccc2c1C=O. The number of carbonyl (C=O) groups excluding carboxylic acids is 1. The summed E-state index contributed by atoms with van der Waals surface area (Å²) in [7, 11) is 3.70. The summed E-state index contributed by atoms with van der Waals surface area (Å²) >= 11 is 0. The first-order chi connectivity index (χ1) is 6.74. The molecule has 72 valence electrons. The van der Waals surface area contributed by atoms with Crippen LogP contribution < -0.4 is 4.90 Å².